The van der Waals surface area contributed by atoms with Gasteiger partial charge in [0.1, 0.15) is 0 Å². The van der Waals surface area contributed by atoms with E-state index in [4.69, 9.17) is 11.6 Å². The van der Waals surface area contributed by atoms with Crippen molar-refractivity contribution in [1.29, 1.82) is 5.26 Å². The van der Waals surface area contributed by atoms with Crippen molar-refractivity contribution in [2.24, 2.45) is 5.92 Å². The maximum Gasteiger partial charge on any atom is 0.0672 e. The van der Waals surface area contributed by atoms with Crippen LogP contribution in [-0.4, -0.2) is 18.0 Å². The number of halogens is 1. The van der Waals surface area contributed by atoms with Gasteiger partial charge in [0, 0.05) is 17.1 Å². The standard InChI is InChI=1S/C16H21ClN2/c1-12(13-7-9-15(17)10-8-13)19(2)16-6-4-3-5-14(16)11-18/h7-10,12,14,16H,3-6H2,1-2H3. The Hall–Kier alpha value is -1.04. The van der Waals surface area contributed by atoms with Crippen molar-refractivity contribution in [3.05, 3.63) is 34.9 Å². The Labute approximate surface area is 121 Å². The molecule has 3 heteroatoms. The highest BCUT2D eigenvalue weighted by Gasteiger charge is 2.30. The smallest absolute Gasteiger partial charge is 0.0672 e. The molecule has 3 atom stereocenters. The van der Waals surface area contributed by atoms with Crippen molar-refractivity contribution >= 4 is 11.6 Å². The maximum atomic E-state index is 9.30. The molecule has 0 saturated heterocycles. The second-order valence-electron chi connectivity index (χ2n) is 5.48. The van der Waals surface area contributed by atoms with Gasteiger partial charge in [0.05, 0.1) is 12.0 Å². The molecule has 1 saturated carbocycles. The summed E-state index contributed by atoms with van der Waals surface area (Å²) in [6, 6.07) is 11.2. The molecule has 0 radical (unpaired) electrons. The predicted molar refractivity (Wildman–Crippen MR) is 79.0 cm³/mol. The van der Waals surface area contributed by atoms with E-state index in [0.717, 1.165) is 17.9 Å². The minimum atomic E-state index is 0.175. The fraction of sp³-hybridized carbons (Fsp3) is 0.562. The third-order valence-corrected chi connectivity index (χ3v) is 4.63. The van der Waals surface area contributed by atoms with E-state index in [9.17, 15) is 5.26 Å². The quantitative estimate of drug-likeness (QED) is 0.817. The molecule has 3 unspecified atom stereocenters. The number of nitrogens with zero attached hydrogens (tertiary/aromatic N) is 2. The predicted octanol–water partition coefficient (Wildman–Crippen LogP) is 4.42. The normalized spacial score (nSPS) is 25.0. The Balaban J connectivity index is 2.11. The first kappa shape index (κ1) is 14.4. The van der Waals surface area contributed by atoms with Gasteiger partial charge in [0.25, 0.3) is 0 Å². The van der Waals surface area contributed by atoms with Crippen LogP contribution in [0.3, 0.4) is 0 Å². The Morgan fingerprint density at radius 3 is 2.53 bits per heavy atom. The molecule has 1 fully saturated rings. The summed E-state index contributed by atoms with van der Waals surface area (Å²) in [7, 11) is 2.14. The number of hydrogen-bond donors (Lipinski definition) is 0. The zero-order valence-corrected chi connectivity index (χ0v) is 12.4. The molecule has 19 heavy (non-hydrogen) atoms. The molecule has 0 aromatic heterocycles. The van der Waals surface area contributed by atoms with E-state index in [1.54, 1.807) is 0 Å². The SMILES string of the molecule is CC(c1ccc(Cl)cc1)N(C)C1CCCCC1C#N. The van der Waals surface area contributed by atoms with Crippen molar-refractivity contribution in [2.75, 3.05) is 7.05 Å². The van der Waals surface area contributed by atoms with Gasteiger partial charge in [-0.25, -0.2) is 0 Å². The Morgan fingerprint density at radius 2 is 1.89 bits per heavy atom. The molecule has 2 nitrogen and oxygen atoms in total. The lowest BCUT2D eigenvalue weighted by atomic mass is 9.84. The van der Waals surface area contributed by atoms with Crippen LogP contribution in [0.1, 0.15) is 44.2 Å². The van der Waals surface area contributed by atoms with E-state index < -0.39 is 0 Å². The molecule has 0 N–H and O–H groups in total. The molecular weight excluding hydrogens is 256 g/mol. The fourth-order valence-corrected chi connectivity index (χ4v) is 3.14. The van der Waals surface area contributed by atoms with Gasteiger partial charge in [-0.05, 0) is 44.5 Å². The molecule has 1 aliphatic rings. The second kappa shape index (κ2) is 6.41. The first-order valence-electron chi connectivity index (χ1n) is 7.00. The van der Waals surface area contributed by atoms with E-state index >= 15 is 0 Å². The lowest BCUT2D eigenvalue weighted by Gasteiger charge is -2.38. The van der Waals surface area contributed by atoms with Gasteiger partial charge < -0.3 is 0 Å². The van der Waals surface area contributed by atoms with Crippen LogP contribution in [0.25, 0.3) is 0 Å². The van der Waals surface area contributed by atoms with Crippen LogP contribution in [0.5, 0.6) is 0 Å². The fourth-order valence-electron chi connectivity index (χ4n) is 3.01. The van der Waals surface area contributed by atoms with E-state index in [2.05, 4.69) is 37.1 Å². The third-order valence-electron chi connectivity index (χ3n) is 4.38. The molecule has 0 amide bonds. The van der Waals surface area contributed by atoms with Crippen molar-refractivity contribution < 1.29 is 0 Å². The molecule has 0 aliphatic heterocycles. The van der Waals surface area contributed by atoms with Gasteiger partial charge in [-0.15, -0.1) is 0 Å². The number of rotatable bonds is 3. The average Bonchev–Trinajstić information content (AvgIpc) is 2.46. The highest BCUT2D eigenvalue weighted by atomic mass is 35.5. The van der Waals surface area contributed by atoms with Crippen molar-refractivity contribution in [2.45, 2.75) is 44.7 Å². The summed E-state index contributed by atoms with van der Waals surface area (Å²) >= 11 is 5.93. The lowest BCUT2D eigenvalue weighted by Crippen LogP contribution is -2.40. The van der Waals surface area contributed by atoms with Crippen LogP contribution in [0.2, 0.25) is 5.02 Å². The number of hydrogen-bond acceptors (Lipinski definition) is 2. The zero-order valence-electron chi connectivity index (χ0n) is 11.6. The Kier molecular flexibility index (Phi) is 4.85. The summed E-state index contributed by atoms with van der Waals surface area (Å²) in [6.07, 6.45) is 4.60. The van der Waals surface area contributed by atoms with Gasteiger partial charge in [0.2, 0.25) is 0 Å². The minimum absolute atomic E-state index is 0.175. The summed E-state index contributed by atoms with van der Waals surface area (Å²) in [5.74, 6) is 0.175. The molecule has 1 aromatic carbocycles. The summed E-state index contributed by atoms with van der Waals surface area (Å²) in [5, 5.41) is 10.1. The summed E-state index contributed by atoms with van der Waals surface area (Å²) in [5.41, 5.74) is 1.26. The molecule has 0 bridgehead atoms. The largest absolute Gasteiger partial charge is 0.295 e. The van der Waals surface area contributed by atoms with Gasteiger partial charge in [0.15, 0.2) is 0 Å². The van der Waals surface area contributed by atoms with Crippen molar-refractivity contribution in [1.82, 2.24) is 4.90 Å². The van der Waals surface area contributed by atoms with Gasteiger partial charge >= 0.3 is 0 Å². The summed E-state index contributed by atoms with van der Waals surface area (Å²) in [4.78, 5) is 2.36. The average molecular weight is 277 g/mol. The van der Waals surface area contributed by atoms with Gasteiger partial charge in [-0.1, -0.05) is 36.6 Å². The Bertz CT molecular complexity index is 449. The van der Waals surface area contributed by atoms with Crippen LogP contribution in [0, 0.1) is 17.2 Å². The van der Waals surface area contributed by atoms with Crippen LogP contribution >= 0.6 is 11.6 Å². The third kappa shape index (κ3) is 3.29. The highest BCUT2D eigenvalue weighted by Crippen LogP contribution is 2.32. The Morgan fingerprint density at radius 1 is 1.26 bits per heavy atom. The molecule has 0 heterocycles. The summed E-state index contributed by atoms with van der Waals surface area (Å²) in [6.45, 7) is 2.20. The zero-order chi connectivity index (χ0) is 13.8. The topological polar surface area (TPSA) is 27.0 Å². The monoisotopic (exact) mass is 276 g/mol. The van der Waals surface area contributed by atoms with E-state index in [1.807, 2.05) is 12.1 Å². The lowest BCUT2D eigenvalue weighted by molar-refractivity contribution is 0.118. The minimum Gasteiger partial charge on any atom is -0.295 e. The molecule has 2 rings (SSSR count). The van der Waals surface area contributed by atoms with Crippen LogP contribution in [0.15, 0.2) is 24.3 Å². The molecule has 1 aliphatic carbocycles. The first-order valence-corrected chi connectivity index (χ1v) is 7.38. The first-order chi connectivity index (χ1) is 9.13. The summed E-state index contributed by atoms with van der Waals surface area (Å²) < 4.78 is 0. The molecule has 1 aromatic rings. The van der Waals surface area contributed by atoms with E-state index in [-0.39, 0.29) is 5.92 Å². The molecular formula is C16H21ClN2. The molecule has 102 valence electrons. The maximum absolute atomic E-state index is 9.30. The van der Waals surface area contributed by atoms with Crippen LogP contribution in [0.4, 0.5) is 0 Å². The van der Waals surface area contributed by atoms with Crippen LogP contribution in [-0.2, 0) is 0 Å². The number of benzene rings is 1. The second-order valence-corrected chi connectivity index (χ2v) is 5.92. The van der Waals surface area contributed by atoms with E-state index in [1.165, 1.54) is 18.4 Å². The van der Waals surface area contributed by atoms with Crippen molar-refractivity contribution in [3.8, 4) is 6.07 Å². The number of nitriles is 1. The van der Waals surface area contributed by atoms with Gasteiger partial charge in [-0.2, -0.15) is 5.26 Å². The highest BCUT2D eigenvalue weighted by molar-refractivity contribution is 6.30. The van der Waals surface area contributed by atoms with Crippen LogP contribution < -0.4 is 0 Å². The molecule has 0 spiro atoms. The van der Waals surface area contributed by atoms with E-state index in [0.29, 0.717) is 12.1 Å². The van der Waals surface area contributed by atoms with Crippen molar-refractivity contribution in [3.63, 3.8) is 0 Å². The van der Waals surface area contributed by atoms with Gasteiger partial charge in [-0.3, -0.25) is 4.90 Å².